The average molecular weight is 499 g/mol. The van der Waals surface area contributed by atoms with Crippen LogP contribution in [-0.2, 0) is 20.0 Å². The minimum atomic E-state index is -3.67. The quantitative estimate of drug-likeness (QED) is 0.577. The van der Waals surface area contributed by atoms with Gasteiger partial charge in [0.2, 0.25) is 20.0 Å². The summed E-state index contributed by atoms with van der Waals surface area (Å²) < 4.78 is 65.1. The van der Waals surface area contributed by atoms with E-state index in [2.05, 4.69) is 5.32 Å². The van der Waals surface area contributed by atoms with Gasteiger partial charge in [-0.15, -0.1) is 0 Å². The van der Waals surface area contributed by atoms with Crippen molar-refractivity contribution >= 4 is 26.0 Å². The van der Waals surface area contributed by atoms with E-state index in [0.717, 1.165) is 16.4 Å². The summed E-state index contributed by atoms with van der Waals surface area (Å²) in [5.74, 6) is -0.809. The maximum Gasteiger partial charge on any atom is 0.251 e. The number of carbonyl (C=O) groups excluding carboxylic acids is 1. The highest BCUT2D eigenvalue weighted by Gasteiger charge is 2.28. The first-order chi connectivity index (χ1) is 15.5. The molecule has 1 aliphatic rings. The number of hydrogen-bond acceptors (Lipinski definition) is 6. The van der Waals surface area contributed by atoms with Crippen LogP contribution in [0, 0.1) is 5.82 Å². The van der Waals surface area contributed by atoms with Gasteiger partial charge in [-0.3, -0.25) is 9.69 Å². The summed E-state index contributed by atoms with van der Waals surface area (Å²) in [6.07, 6.45) is 0. The molecule has 1 fully saturated rings. The largest absolute Gasteiger partial charge is 0.351 e. The molecule has 1 saturated heterocycles. The Kier molecular flexibility index (Phi) is 7.85. The molecule has 0 saturated carbocycles. The Bertz CT molecular complexity index is 1180. The van der Waals surface area contributed by atoms with Gasteiger partial charge in [0.25, 0.3) is 5.91 Å². The molecule has 1 heterocycles. The minimum Gasteiger partial charge on any atom is -0.351 e. The Morgan fingerprint density at radius 3 is 2.00 bits per heavy atom. The van der Waals surface area contributed by atoms with Crippen LogP contribution in [0.5, 0.6) is 0 Å². The molecule has 2 aromatic rings. The summed E-state index contributed by atoms with van der Waals surface area (Å²) in [4.78, 5) is 14.6. The topological polar surface area (TPSA) is 107 Å². The zero-order valence-corrected chi connectivity index (χ0v) is 20.1. The highest BCUT2D eigenvalue weighted by molar-refractivity contribution is 7.89. The SMILES string of the molecule is CN(C)S(=O)(=O)c1ccc(C(=O)NCCN2CCN(S(=O)(=O)c3ccc(F)cc3)CC2)cc1. The first-order valence-electron chi connectivity index (χ1n) is 10.3. The lowest BCUT2D eigenvalue weighted by Gasteiger charge is -2.33. The Labute approximate surface area is 193 Å². The third kappa shape index (κ3) is 5.95. The molecule has 12 heteroatoms. The van der Waals surface area contributed by atoms with Gasteiger partial charge in [0.1, 0.15) is 5.82 Å². The number of rotatable bonds is 8. The van der Waals surface area contributed by atoms with Crippen LogP contribution in [0.1, 0.15) is 10.4 Å². The third-order valence-electron chi connectivity index (χ3n) is 5.39. The second-order valence-electron chi connectivity index (χ2n) is 7.77. The molecule has 0 aromatic heterocycles. The van der Waals surface area contributed by atoms with E-state index in [0.29, 0.717) is 44.8 Å². The Hall–Kier alpha value is -2.38. The van der Waals surface area contributed by atoms with Gasteiger partial charge >= 0.3 is 0 Å². The zero-order chi connectivity index (χ0) is 24.2. The highest BCUT2D eigenvalue weighted by atomic mass is 32.2. The van der Waals surface area contributed by atoms with Gasteiger partial charge in [-0.2, -0.15) is 4.31 Å². The fourth-order valence-electron chi connectivity index (χ4n) is 3.37. The van der Waals surface area contributed by atoms with E-state index in [-0.39, 0.29) is 15.7 Å². The van der Waals surface area contributed by atoms with Gasteiger partial charge in [-0.25, -0.2) is 25.5 Å². The van der Waals surface area contributed by atoms with E-state index in [9.17, 15) is 26.0 Å². The van der Waals surface area contributed by atoms with E-state index >= 15 is 0 Å². The van der Waals surface area contributed by atoms with Crippen LogP contribution in [0.2, 0.25) is 0 Å². The summed E-state index contributed by atoms with van der Waals surface area (Å²) in [5.41, 5.74) is 0.350. The predicted octanol–water partition coefficient (Wildman–Crippen LogP) is 0.812. The number of nitrogens with one attached hydrogen (secondary N) is 1. The van der Waals surface area contributed by atoms with Crippen LogP contribution in [-0.4, -0.2) is 89.6 Å². The lowest BCUT2D eigenvalue weighted by Crippen LogP contribution is -2.50. The number of amides is 1. The van der Waals surface area contributed by atoms with Crippen molar-refractivity contribution in [2.75, 3.05) is 53.4 Å². The molecule has 0 spiro atoms. The van der Waals surface area contributed by atoms with E-state index in [1.807, 2.05) is 4.90 Å². The summed E-state index contributed by atoms with van der Waals surface area (Å²) in [6.45, 7) is 2.52. The van der Waals surface area contributed by atoms with Crippen LogP contribution in [0.4, 0.5) is 4.39 Å². The summed E-state index contributed by atoms with van der Waals surface area (Å²) in [7, 11) is -4.34. The molecular weight excluding hydrogens is 471 g/mol. The lowest BCUT2D eigenvalue weighted by atomic mass is 10.2. The Balaban J connectivity index is 1.47. The Morgan fingerprint density at radius 1 is 0.909 bits per heavy atom. The molecule has 0 radical (unpaired) electrons. The first-order valence-corrected chi connectivity index (χ1v) is 13.2. The molecule has 1 amide bonds. The summed E-state index contributed by atoms with van der Waals surface area (Å²) >= 11 is 0. The molecule has 0 atom stereocenters. The van der Waals surface area contributed by atoms with Crippen LogP contribution < -0.4 is 5.32 Å². The summed E-state index contributed by atoms with van der Waals surface area (Å²) in [6, 6.07) is 10.5. The molecule has 3 rings (SSSR count). The molecule has 180 valence electrons. The van der Waals surface area contributed by atoms with Crippen molar-refractivity contribution in [3.8, 4) is 0 Å². The zero-order valence-electron chi connectivity index (χ0n) is 18.4. The number of benzene rings is 2. The first kappa shape index (κ1) is 25.2. The second-order valence-corrected chi connectivity index (χ2v) is 11.9. The Morgan fingerprint density at radius 2 is 1.45 bits per heavy atom. The van der Waals surface area contributed by atoms with Crippen LogP contribution >= 0.6 is 0 Å². The molecule has 9 nitrogen and oxygen atoms in total. The van der Waals surface area contributed by atoms with Crippen LogP contribution in [0.25, 0.3) is 0 Å². The average Bonchev–Trinajstić information content (AvgIpc) is 2.79. The van der Waals surface area contributed by atoms with Gasteiger partial charge in [0.15, 0.2) is 0 Å². The third-order valence-corrected chi connectivity index (χ3v) is 9.13. The van der Waals surface area contributed by atoms with Crippen molar-refractivity contribution in [2.45, 2.75) is 9.79 Å². The molecule has 1 aliphatic heterocycles. The monoisotopic (exact) mass is 498 g/mol. The lowest BCUT2D eigenvalue weighted by molar-refractivity contribution is 0.0945. The number of piperazine rings is 1. The number of sulfonamides is 2. The molecule has 33 heavy (non-hydrogen) atoms. The van der Waals surface area contributed by atoms with Crippen molar-refractivity contribution in [1.29, 1.82) is 0 Å². The van der Waals surface area contributed by atoms with Crippen molar-refractivity contribution in [1.82, 2.24) is 18.8 Å². The van der Waals surface area contributed by atoms with E-state index in [1.54, 1.807) is 0 Å². The fourth-order valence-corrected chi connectivity index (χ4v) is 5.69. The standard InChI is InChI=1S/C21H27FN4O5S2/c1-24(2)32(28,29)19-7-3-17(4-8-19)21(27)23-11-12-25-13-15-26(16-14-25)33(30,31)20-9-5-18(22)6-10-20/h3-10H,11-16H2,1-2H3,(H,23,27). The van der Waals surface area contributed by atoms with E-state index in [1.165, 1.54) is 54.8 Å². The van der Waals surface area contributed by atoms with Crippen molar-refractivity contribution in [3.63, 3.8) is 0 Å². The predicted molar refractivity (Wildman–Crippen MR) is 121 cm³/mol. The molecular formula is C21H27FN4O5S2. The fraction of sp³-hybridized carbons (Fsp3) is 0.381. The van der Waals surface area contributed by atoms with Gasteiger partial charge in [-0.05, 0) is 48.5 Å². The van der Waals surface area contributed by atoms with Gasteiger partial charge < -0.3 is 5.32 Å². The van der Waals surface area contributed by atoms with Gasteiger partial charge in [0.05, 0.1) is 9.79 Å². The number of carbonyl (C=O) groups is 1. The molecule has 0 bridgehead atoms. The minimum absolute atomic E-state index is 0.0639. The number of hydrogen-bond donors (Lipinski definition) is 1. The number of nitrogens with zero attached hydrogens (tertiary/aromatic N) is 3. The summed E-state index contributed by atoms with van der Waals surface area (Å²) in [5, 5.41) is 2.79. The molecule has 2 aromatic carbocycles. The molecule has 0 unspecified atom stereocenters. The van der Waals surface area contributed by atoms with Crippen molar-refractivity contribution in [3.05, 3.63) is 59.9 Å². The number of halogens is 1. The molecule has 1 N–H and O–H groups in total. The maximum atomic E-state index is 13.1. The second kappa shape index (κ2) is 10.3. The van der Waals surface area contributed by atoms with E-state index < -0.39 is 25.9 Å². The van der Waals surface area contributed by atoms with Crippen molar-refractivity contribution in [2.24, 2.45) is 0 Å². The van der Waals surface area contributed by atoms with Gasteiger partial charge in [-0.1, -0.05) is 0 Å². The van der Waals surface area contributed by atoms with E-state index in [4.69, 9.17) is 0 Å². The van der Waals surface area contributed by atoms with Gasteiger partial charge in [0, 0.05) is 58.9 Å². The molecule has 0 aliphatic carbocycles. The smallest absolute Gasteiger partial charge is 0.251 e. The highest BCUT2D eigenvalue weighted by Crippen LogP contribution is 2.18. The van der Waals surface area contributed by atoms with Crippen molar-refractivity contribution < 1.29 is 26.0 Å². The van der Waals surface area contributed by atoms with Crippen LogP contribution in [0.3, 0.4) is 0 Å². The maximum absolute atomic E-state index is 13.1. The van der Waals surface area contributed by atoms with Crippen LogP contribution in [0.15, 0.2) is 58.3 Å². The normalized spacial score (nSPS) is 16.1.